The first kappa shape index (κ1) is 13.0. The molecule has 0 spiro atoms. The molecule has 0 atom stereocenters. The fraction of sp³-hybridized carbons (Fsp3) is 0.0714. The molecule has 0 saturated carbocycles. The second-order valence-corrected chi connectivity index (χ2v) is 5.33. The van der Waals surface area contributed by atoms with Crippen molar-refractivity contribution >= 4 is 27.7 Å². The number of hydrogen-bond acceptors (Lipinski definition) is 3. The van der Waals surface area contributed by atoms with Gasteiger partial charge in [0.15, 0.2) is 0 Å². The third kappa shape index (κ3) is 3.06. The molecule has 2 aromatic rings. The predicted octanol–water partition coefficient (Wildman–Crippen LogP) is 4.83. The Morgan fingerprint density at radius 3 is 2.50 bits per heavy atom. The maximum absolute atomic E-state index is 9.05. The molecule has 18 heavy (non-hydrogen) atoms. The molecule has 0 aliphatic rings. The highest BCUT2D eigenvalue weighted by Crippen LogP contribution is 2.28. The number of nitrogens with zero attached hydrogens (tertiary/aromatic N) is 1. The molecule has 0 radical (unpaired) electrons. The third-order valence-electron chi connectivity index (χ3n) is 2.35. The van der Waals surface area contributed by atoms with Crippen molar-refractivity contribution < 1.29 is 4.74 Å². The van der Waals surface area contributed by atoms with Crippen LogP contribution in [0.15, 0.2) is 51.8 Å². The normalized spacial score (nSPS) is 9.83. The van der Waals surface area contributed by atoms with Gasteiger partial charge in [0.1, 0.15) is 17.6 Å². The molecule has 0 heterocycles. The van der Waals surface area contributed by atoms with Crippen molar-refractivity contribution in [3.8, 4) is 17.6 Å². The minimum Gasteiger partial charge on any atom is -0.456 e. The van der Waals surface area contributed by atoms with Gasteiger partial charge in [-0.1, -0.05) is 15.9 Å². The fourth-order valence-corrected chi connectivity index (χ4v) is 2.22. The van der Waals surface area contributed by atoms with Gasteiger partial charge in [0.05, 0.1) is 5.56 Å². The minimum absolute atomic E-state index is 0.512. The van der Waals surface area contributed by atoms with E-state index in [-0.39, 0.29) is 0 Å². The van der Waals surface area contributed by atoms with Crippen molar-refractivity contribution in [2.45, 2.75) is 4.90 Å². The Morgan fingerprint density at radius 2 is 1.89 bits per heavy atom. The van der Waals surface area contributed by atoms with Gasteiger partial charge < -0.3 is 4.74 Å². The summed E-state index contributed by atoms with van der Waals surface area (Å²) < 4.78 is 6.57. The number of nitriles is 1. The van der Waals surface area contributed by atoms with Gasteiger partial charge in [0, 0.05) is 9.37 Å². The predicted molar refractivity (Wildman–Crippen MR) is 77.2 cm³/mol. The van der Waals surface area contributed by atoms with Crippen LogP contribution in [0, 0.1) is 11.3 Å². The van der Waals surface area contributed by atoms with Crippen LogP contribution < -0.4 is 4.74 Å². The van der Waals surface area contributed by atoms with E-state index in [1.807, 2.05) is 36.6 Å². The lowest BCUT2D eigenvalue weighted by Gasteiger charge is -2.08. The van der Waals surface area contributed by atoms with Gasteiger partial charge in [-0.15, -0.1) is 11.8 Å². The molecule has 90 valence electrons. The first-order valence-corrected chi connectivity index (χ1v) is 7.26. The number of rotatable bonds is 3. The molecular weight excluding hydrogens is 310 g/mol. The standard InChI is InChI=1S/C14H10BrNOS/c1-18-13-5-3-12(4-6-13)17-14-7-2-11(15)8-10(14)9-16/h2-8H,1H3. The van der Waals surface area contributed by atoms with Gasteiger partial charge in [0.2, 0.25) is 0 Å². The third-order valence-corrected chi connectivity index (χ3v) is 3.59. The second-order valence-electron chi connectivity index (χ2n) is 3.53. The molecule has 2 nitrogen and oxygen atoms in total. The van der Waals surface area contributed by atoms with E-state index in [2.05, 4.69) is 22.0 Å². The Labute approximate surface area is 119 Å². The summed E-state index contributed by atoms with van der Waals surface area (Å²) in [6, 6.07) is 15.3. The molecule has 0 fully saturated rings. The van der Waals surface area contributed by atoms with Gasteiger partial charge in [-0.2, -0.15) is 5.26 Å². The van der Waals surface area contributed by atoms with Crippen molar-refractivity contribution in [2.24, 2.45) is 0 Å². The monoisotopic (exact) mass is 319 g/mol. The number of thioether (sulfide) groups is 1. The smallest absolute Gasteiger partial charge is 0.145 e. The summed E-state index contributed by atoms with van der Waals surface area (Å²) in [5.74, 6) is 1.30. The Hall–Kier alpha value is -1.44. The zero-order chi connectivity index (χ0) is 13.0. The summed E-state index contributed by atoms with van der Waals surface area (Å²) in [4.78, 5) is 1.18. The summed E-state index contributed by atoms with van der Waals surface area (Å²) in [6.07, 6.45) is 2.03. The van der Waals surface area contributed by atoms with E-state index in [1.165, 1.54) is 4.90 Å². The highest BCUT2D eigenvalue weighted by Gasteiger charge is 2.05. The van der Waals surface area contributed by atoms with Crippen LogP contribution in [0.1, 0.15) is 5.56 Å². The molecule has 0 amide bonds. The van der Waals surface area contributed by atoms with Crippen LogP contribution >= 0.6 is 27.7 Å². The van der Waals surface area contributed by atoms with E-state index in [9.17, 15) is 0 Å². The first-order valence-electron chi connectivity index (χ1n) is 5.24. The zero-order valence-corrected chi connectivity index (χ0v) is 12.1. The Balaban J connectivity index is 2.25. The van der Waals surface area contributed by atoms with Crippen LogP contribution in [0.5, 0.6) is 11.5 Å². The molecule has 0 aromatic heterocycles. The van der Waals surface area contributed by atoms with Crippen molar-refractivity contribution in [3.05, 3.63) is 52.5 Å². The van der Waals surface area contributed by atoms with Crippen LogP contribution in [-0.4, -0.2) is 6.26 Å². The summed E-state index contributed by atoms with van der Waals surface area (Å²) in [7, 11) is 0. The minimum atomic E-state index is 0.512. The molecule has 0 unspecified atom stereocenters. The highest BCUT2D eigenvalue weighted by molar-refractivity contribution is 9.10. The molecule has 0 N–H and O–H groups in total. The maximum atomic E-state index is 9.05. The number of halogens is 1. The average molecular weight is 320 g/mol. The van der Waals surface area contributed by atoms with Gasteiger partial charge in [0.25, 0.3) is 0 Å². The van der Waals surface area contributed by atoms with Crippen molar-refractivity contribution in [1.29, 1.82) is 5.26 Å². The van der Waals surface area contributed by atoms with Crippen LogP contribution in [0.4, 0.5) is 0 Å². The molecule has 0 bridgehead atoms. The topological polar surface area (TPSA) is 33.0 Å². The molecule has 4 heteroatoms. The van der Waals surface area contributed by atoms with Crippen LogP contribution in [0.2, 0.25) is 0 Å². The van der Waals surface area contributed by atoms with E-state index >= 15 is 0 Å². The molecule has 2 rings (SSSR count). The largest absolute Gasteiger partial charge is 0.456 e. The summed E-state index contributed by atoms with van der Waals surface area (Å²) in [5, 5.41) is 9.05. The lowest BCUT2D eigenvalue weighted by atomic mass is 10.2. The van der Waals surface area contributed by atoms with Crippen molar-refractivity contribution in [1.82, 2.24) is 0 Å². The average Bonchev–Trinajstić information content (AvgIpc) is 2.41. The van der Waals surface area contributed by atoms with Crippen LogP contribution in [0.3, 0.4) is 0 Å². The van der Waals surface area contributed by atoms with Crippen molar-refractivity contribution in [3.63, 3.8) is 0 Å². The van der Waals surface area contributed by atoms with E-state index in [4.69, 9.17) is 10.00 Å². The van der Waals surface area contributed by atoms with E-state index in [0.717, 1.165) is 10.2 Å². The van der Waals surface area contributed by atoms with E-state index in [1.54, 1.807) is 23.9 Å². The van der Waals surface area contributed by atoms with Crippen LogP contribution in [0.25, 0.3) is 0 Å². The molecule has 0 aliphatic heterocycles. The zero-order valence-electron chi connectivity index (χ0n) is 9.68. The van der Waals surface area contributed by atoms with E-state index in [0.29, 0.717) is 11.3 Å². The molecule has 0 saturated heterocycles. The second kappa shape index (κ2) is 5.94. The summed E-state index contributed by atoms with van der Waals surface area (Å²) in [6.45, 7) is 0. The van der Waals surface area contributed by atoms with Crippen molar-refractivity contribution in [2.75, 3.05) is 6.26 Å². The molecule has 0 aliphatic carbocycles. The van der Waals surface area contributed by atoms with Gasteiger partial charge in [-0.3, -0.25) is 0 Å². The number of hydrogen-bond donors (Lipinski definition) is 0. The SMILES string of the molecule is CSc1ccc(Oc2ccc(Br)cc2C#N)cc1. The Bertz CT molecular complexity index is 590. The van der Waals surface area contributed by atoms with E-state index < -0.39 is 0 Å². The van der Waals surface area contributed by atoms with Gasteiger partial charge in [-0.05, 0) is 48.7 Å². The molecular formula is C14H10BrNOS. The number of benzene rings is 2. The Morgan fingerprint density at radius 1 is 1.17 bits per heavy atom. The number of ether oxygens (including phenoxy) is 1. The lowest BCUT2D eigenvalue weighted by Crippen LogP contribution is -1.88. The Kier molecular flexibility index (Phi) is 4.29. The highest BCUT2D eigenvalue weighted by atomic mass is 79.9. The van der Waals surface area contributed by atoms with Gasteiger partial charge in [-0.25, -0.2) is 0 Å². The first-order chi connectivity index (χ1) is 8.72. The van der Waals surface area contributed by atoms with Crippen LogP contribution in [-0.2, 0) is 0 Å². The molecule has 2 aromatic carbocycles. The van der Waals surface area contributed by atoms with Gasteiger partial charge >= 0.3 is 0 Å². The lowest BCUT2D eigenvalue weighted by molar-refractivity contribution is 0.480. The maximum Gasteiger partial charge on any atom is 0.145 e. The quantitative estimate of drug-likeness (QED) is 0.759. The summed E-state index contributed by atoms with van der Waals surface area (Å²) in [5.41, 5.74) is 0.512. The summed E-state index contributed by atoms with van der Waals surface area (Å²) >= 11 is 5.01. The fourth-order valence-electron chi connectivity index (χ4n) is 1.45.